The molecule has 0 unspecified atom stereocenters. The molecule has 1 saturated carbocycles. The third-order valence-electron chi connectivity index (χ3n) is 14.8. The Morgan fingerprint density at radius 2 is 1.83 bits per heavy atom. The number of fused-ring (bicyclic) bond motifs is 1. The van der Waals surface area contributed by atoms with Gasteiger partial charge >= 0.3 is 11.9 Å². The van der Waals surface area contributed by atoms with E-state index in [1.54, 1.807) is 6.08 Å². The van der Waals surface area contributed by atoms with E-state index in [1.165, 1.54) is 24.5 Å². The van der Waals surface area contributed by atoms with Crippen molar-refractivity contribution in [2.75, 3.05) is 47.1 Å². The maximum Gasteiger partial charge on any atom is 0.337 e. The van der Waals surface area contributed by atoms with Crippen molar-refractivity contribution in [3.05, 3.63) is 34.6 Å². The molecule has 14 heteroatoms. The normalized spacial score (nSPS) is 45.7. The van der Waals surface area contributed by atoms with Crippen molar-refractivity contribution >= 4 is 11.9 Å². The van der Waals surface area contributed by atoms with E-state index in [4.69, 9.17) is 28.4 Å². The van der Waals surface area contributed by atoms with Gasteiger partial charge in [0.2, 0.25) is 6.29 Å². The lowest BCUT2D eigenvalue weighted by atomic mass is 9.50. The Bertz CT molecular complexity index is 1580. The van der Waals surface area contributed by atoms with Crippen LogP contribution in [0.3, 0.4) is 0 Å². The molecule has 14 atom stereocenters. The molecule has 0 aromatic heterocycles. The highest BCUT2D eigenvalue weighted by Gasteiger charge is 2.70. The van der Waals surface area contributed by atoms with E-state index < -0.39 is 66.5 Å². The van der Waals surface area contributed by atoms with Crippen LogP contribution in [0.2, 0.25) is 0 Å². The van der Waals surface area contributed by atoms with E-state index >= 15 is 0 Å². The molecule has 54 heavy (non-hydrogen) atoms. The van der Waals surface area contributed by atoms with Crippen LogP contribution >= 0.6 is 0 Å². The predicted octanol–water partition coefficient (Wildman–Crippen LogP) is 1.53. The molecular weight excluding hydrogens is 702 g/mol. The number of hydrogen-bond donors (Lipinski definition) is 5. The molecule has 2 bridgehead atoms. The molecule has 4 aliphatic carbocycles. The van der Waals surface area contributed by atoms with Crippen LogP contribution in [0.15, 0.2) is 34.6 Å². The van der Waals surface area contributed by atoms with Gasteiger partial charge in [-0.1, -0.05) is 31.1 Å². The van der Waals surface area contributed by atoms with Crippen LogP contribution < -0.4 is 0 Å². The Hall–Kier alpha value is -2.40. The summed E-state index contributed by atoms with van der Waals surface area (Å²) in [6, 6.07) is 0. The molecule has 0 aromatic rings. The zero-order valence-corrected chi connectivity index (χ0v) is 31.7. The van der Waals surface area contributed by atoms with Gasteiger partial charge in [-0.05, 0) is 69.4 Å². The summed E-state index contributed by atoms with van der Waals surface area (Å²) >= 11 is 0. The van der Waals surface area contributed by atoms with Crippen molar-refractivity contribution in [2.45, 2.75) is 108 Å². The number of aliphatic hydroxyl groups excluding tert-OH is 4. The number of aliphatic hydroxyl groups is 5. The van der Waals surface area contributed by atoms with Gasteiger partial charge in [0.05, 0.1) is 44.0 Å². The van der Waals surface area contributed by atoms with E-state index in [9.17, 15) is 35.1 Å². The number of piperidine rings is 1. The third-order valence-corrected chi connectivity index (χ3v) is 14.8. The number of hydrogen-bond acceptors (Lipinski definition) is 14. The minimum atomic E-state index is -1.69. The number of allylic oxidation sites excluding steroid dienone is 2. The van der Waals surface area contributed by atoms with Gasteiger partial charge in [0.15, 0.2) is 12.1 Å². The molecule has 0 amide bonds. The summed E-state index contributed by atoms with van der Waals surface area (Å²) < 4.78 is 35.2. The second-order valence-corrected chi connectivity index (χ2v) is 17.6. The Balaban J connectivity index is 0.992. The van der Waals surface area contributed by atoms with E-state index in [-0.39, 0.29) is 47.4 Å². The minimum Gasteiger partial charge on any atom is -0.471 e. The summed E-state index contributed by atoms with van der Waals surface area (Å²) in [6.07, 6.45) is 0.630. The van der Waals surface area contributed by atoms with Gasteiger partial charge in [-0.15, -0.1) is 0 Å². The third kappa shape index (κ3) is 5.84. The number of carbonyl (C=O) groups is 2. The molecule has 8 aliphatic rings. The predicted molar refractivity (Wildman–Crippen MR) is 188 cm³/mol. The monoisotopic (exact) mass is 759 g/mol. The standard InChI is InChI=1S/C40H57NO13/c1-20(2)40(48)12-11-38(19-52-40)23-8-5-21-6-10-25-26(13-39(38,30(21)25)18-41(3)14-23)35(47)50-17-28-31(43)32(44)33(45)37(53-28)54-36-29-22(15-42)7-9-24(29)27(16-51-36)34(46)49-4/h7,16,20,23-26,28-29,31-33,36-37,42-45,48H,5-6,8-15,17-19H2,1-4H3/t23-,24-,25-,26-,28-,29-,31-,32+,33-,36+,37+,38-,39-,40+/m1/s1. The van der Waals surface area contributed by atoms with Crippen LogP contribution in [0, 0.1) is 46.3 Å². The highest BCUT2D eigenvalue weighted by molar-refractivity contribution is 5.89. The van der Waals surface area contributed by atoms with Crippen LogP contribution in [-0.4, -0.2) is 132 Å². The van der Waals surface area contributed by atoms with Gasteiger partial charge in [0.1, 0.15) is 31.0 Å². The minimum absolute atomic E-state index is 0.0285. The van der Waals surface area contributed by atoms with Gasteiger partial charge in [-0.3, -0.25) is 4.79 Å². The van der Waals surface area contributed by atoms with E-state index in [1.807, 2.05) is 13.8 Å². The zero-order chi connectivity index (χ0) is 38.3. The summed E-state index contributed by atoms with van der Waals surface area (Å²) in [5, 5.41) is 54.3. The first-order chi connectivity index (χ1) is 25.8. The van der Waals surface area contributed by atoms with Crippen LogP contribution in [0.5, 0.6) is 0 Å². The van der Waals surface area contributed by atoms with Crippen LogP contribution in [0.25, 0.3) is 0 Å². The second-order valence-electron chi connectivity index (χ2n) is 17.6. The molecule has 4 aliphatic heterocycles. The van der Waals surface area contributed by atoms with Crippen LogP contribution in [0.1, 0.15) is 65.2 Å². The molecular formula is C40H57NO13. The van der Waals surface area contributed by atoms with E-state index in [0.717, 1.165) is 45.2 Å². The molecule has 0 aromatic carbocycles. The van der Waals surface area contributed by atoms with E-state index in [0.29, 0.717) is 37.4 Å². The first kappa shape index (κ1) is 38.5. The fourth-order valence-corrected chi connectivity index (χ4v) is 12.0. The maximum absolute atomic E-state index is 14.3. The van der Waals surface area contributed by atoms with Gasteiger partial charge in [-0.25, -0.2) is 4.79 Å². The first-order valence-electron chi connectivity index (χ1n) is 19.8. The molecule has 2 spiro atoms. The van der Waals surface area contributed by atoms with Crippen molar-refractivity contribution < 1.29 is 63.5 Å². The molecule has 5 N–H and O–H groups in total. The van der Waals surface area contributed by atoms with Gasteiger partial charge in [-0.2, -0.15) is 0 Å². The lowest BCUT2D eigenvalue weighted by Crippen LogP contribution is -2.64. The lowest BCUT2D eigenvalue weighted by Gasteiger charge is -2.62. The molecule has 0 radical (unpaired) electrons. The quantitative estimate of drug-likeness (QED) is 0.177. The lowest BCUT2D eigenvalue weighted by molar-refractivity contribution is -0.340. The average Bonchev–Trinajstić information content (AvgIpc) is 3.86. The number of rotatable bonds is 8. The van der Waals surface area contributed by atoms with Crippen molar-refractivity contribution in [2.24, 2.45) is 46.3 Å². The zero-order valence-electron chi connectivity index (χ0n) is 31.7. The number of carbonyl (C=O) groups excluding carboxylic acids is 2. The summed E-state index contributed by atoms with van der Waals surface area (Å²) in [5.74, 6) is -3.18. The largest absolute Gasteiger partial charge is 0.471 e. The SMILES string of the molecule is COC(=O)C1=CO[C@@H](O[C@@H]2O[C@H](COC(=O)[C@@H]3C[C@@]45CN(C)C[C@@H](CCC6=C4[C@@H]3CC6)[C@]53CC[C@@](O)(C(C)C)OC3)[C@@H](O)[C@H](O)[C@H]2O)[C@@H]2C(CO)=CC[C@H]12. The van der Waals surface area contributed by atoms with Crippen molar-refractivity contribution in [3.8, 4) is 0 Å². The van der Waals surface area contributed by atoms with Crippen LogP contribution in [0.4, 0.5) is 0 Å². The van der Waals surface area contributed by atoms with Gasteiger partial charge in [0.25, 0.3) is 0 Å². The summed E-state index contributed by atoms with van der Waals surface area (Å²) in [6.45, 7) is 5.52. The summed E-state index contributed by atoms with van der Waals surface area (Å²) in [4.78, 5) is 29.1. The second kappa shape index (κ2) is 14.2. The number of ether oxygens (including phenoxy) is 6. The Morgan fingerprint density at radius 3 is 2.54 bits per heavy atom. The van der Waals surface area contributed by atoms with E-state index in [2.05, 4.69) is 11.9 Å². The highest BCUT2D eigenvalue weighted by atomic mass is 16.8. The van der Waals surface area contributed by atoms with Gasteiger partial charge in [0, 0.05) is 42.2 Å². The molecule has 4 fully saturated rings. The maximum atomic E-state index is 14.3. The Labute approximate surface area is 316 Å². The smallest absolute Gasteiger partial charge is 0.337 e. The first-order valence-corrected chi connectivity index (χ1v) is 19.8. The Morgan fingerprint density at radius 1 is 1.06 bits per heavy atom. The molecule has 3 saturated heterocycles. The molecule has 4 heterocycles. The number of methoxy groups -OCH3 is 1. The molecule has 300 valence electrons. The summed E-state index contributed by atoms with van der Waals surface area (Å²) in [7, 11) is 3.43. The summed E-state index contributed by atoms with van der Waals surface area (Å²) in [5.41, 5.74) is 3.26. The fraction of sp³-hybridized carbons (Fsp3) is 0.800. The Kier molecular flexibility index (Phi) is 10.1. The number of esters is 2. The van der Waals surface area contributed by atoms with Crippen LogP contribution in [-0.2, 0) is 38.0 Å². The molecule has 14 nitrogen and oxygen atoms in total. The van der Waals surface area contributed by atoms with Gasteiger partial charge < -0.3 is 58.9 Å². The van der Waals surface area contributed by atoms with Crippen molar-refractivity contribution in [1.29, 1.82) is 0 Å². The fourth-order valence-electron chi connectivity index (χ4n) is 12.0. The molecule has 8 rings (SSSR count). The number of likely N-dealkylation sites (tertiary alicyclic amines) is 1. The van der Waals surface area contributed by atoms with Crippen molar-refractivity contribution in [1.82, 2.24) is 4.90 Å². The highest BCUT2D eigenvalue weighted by Crippen LogP contribution is 2.72. The topological polar surface area (TPSA) is 194 Å². The number of nitrogens with zero attached hydrogens (tertiary/aromatic N) is 1. The average molecular weight is 760 g/mol. The van der Waals surface area contributed by atoms with Crippen molar-refractivity contribution in [3.63, 3.8) is 0 Å².